The largest absolute Gasteiger partial charge is 0.477 e. The van der Waals surface area contributed by atoms with Gasteiger partial charge in [-0.25, -0.2) is 4.79 Å². The topological polar surface area (TPSA) is 42.7 Å². The van der Waals surface area contributed by atoms with Crippen molar-refractivity contribution in [1.82, 2.24) is 4.90 Å². The van der Waals surface area contributed by atoms with Crippen LogP contribution in [-0.4, -0.2) is 11.6 Å². The molecular formula is C23H23NO3. The van der Waals surface area contributed by atoms with E-state index < -0.39 is 0 Å². The first-order chi connectivity index (χ1) is 13.1. The van der Waals surface area contributed by atoms with E-state index in [9.17, 15) is 4.79 Å². The standard InChI is InChI=1S/C23H23NO3/c1-14-21-17(11-20-18-9-6-10-19(18)23(25)27-22(14)20)12-24(13-26-21)15(2)16-7-4-3-5-8-16/h3-5,7-8,11,15H,6,9-10,12-13H2,1-2H3/t15-/m1/s1. The minimum atomic E-state index is -0.173. The zero-order chi connectivity index (χ0) is 18.5. The van der Waals surface area contributed by atoms with Gasteiger partial charge in [-0.1, -0.05) is 30.3 Å². The zero-order valence-electron chi connectivity index (χ0n) is 15.7. The molecule has 5 rings (SSSR count). The van der Waals surface area contributed by atoms with E-state index in [-0.39, 0.29) is 11.7 Å². The first kappa shape index (κ1) is 16.6. The summed E-state index contributed by atoms with van der Waals surface area (Å²) >= 11 is 0. The van der Waals surface area contributed by atoms with E-state index in [0.29, 0.717) is 12.3 Å². The van der Waals surface area contributed by atoms with E-state index in [2.05, 4.69) is 42.2 Å². The Balaban J connectivity index is 1.59. The van der Waals surface area contributed by atoms with Crippen LogP contribution in [0.4, 0.5) is 0 Å². The van der Waals surface area contributed by atoms with Crippen LogP contribution in [0.3, 0.4) is 0 Å². The van der Waals surface area contributed by atoms with Crippen LogP contribution in [0.25, 0.3) is 11.0 Å². The molecule has 2 aromatic carbocycles. The maximum absolute atomic E-state index is 12.3. The third kappa shape index (κ3) is 2.59. The van der Waals surface area contributed by atoms with Gasteiger partial charge in [0.15, 0.2) is 0 Å². The van der Waals surface area contributed by atoms with Crippen LogP contribution in [0.2, 0.25) is 0 Å². The van der Waals surface area contributed by atoms with Crippen molar-refractivity contribution >= 4 is 11.0 Å². The second-order valence-corrected chi connectivity index (χ2v) is 7.67. The molecule has 0 N–H and O–H groups in total. The van der Waals surface area contributed by atoms with E-state index in [0.717, 1.165) is 48.1 Å². The smallest absolute Gasteiger partial charge is 0.339 e. The van der Waals surface area contributed by atoms with Crippen molar-refractivity contribution in [3.05, 3.63) is 74.6 Å². The molecule has 0 unspecified atom stereocenters. The second kappa shape index (κ2) is 6.24. The molecule has 4 heteroatoms. The molecule has 138 valence electrons. The maximum atomic E-state index is 12.3. The first-order valence-electron chi connectivity index (χ1n) is 9.66. The van der Waals surface area contributed by atoms with Crippen molar-refractivity contribution in [2.45, 2.75) is 45.7 Å². The summed E-state index contributed by atoms with van der Waals surface area (Å²) < 4.78 is 11.8. The Morgan fingerprint density at radius 2 is 1.89 bits per heavy atom. The van der Waals surface area contributed by atoms with Crippen LogP contribution in [0, 0.1) is 6.92 Å². The zero-order valence-corrected chi connectivity index (χ0v) is 15.7. The number of hydrogen-bond donors (Lipinski definition) is 0. The number of aryl methyl sites for hydroxylation is 2. The van der Waals surface area contributed by atoms with Crippen LogP contribution in [0.1, 0.15) is 47.2 Å². The van der Waals surface area contributed by atoms with Gasteiger partial charge in [-0.2, -0.15) is 0 Å². The lowest BCUT2D eigenvalue weighted by atomic mass is 9.98. The van der Waals surface area contributed by atoms with Gasteiger partial charge in [0.25, 0.3) is 0 Å². The summed E-state index contributed by atoms with van der Waals surface area (Å²) in [5.74, 6) is 0.875. The average Bonchev–Trinajstić information content (AvgIpc) is 3.20. The molecular weight excluding hydrogens is 338 g/mol. The van der Waals surface area contributed by atoms with Gasteiger partial charge in [0.05, 0.1) is 0 Å². The van der Waals surface area contributed by atoms with Gasteiger partial charge in [-0.05, 0) is 50.3 Å². The minimum absolute atomic E-state index is 0.173. The number of ether oxygens (including phenoxy) is 1. The van der Waals surface area contributed by atoms with Crippen molar-refractivity contribution in [2.24, 2.45) is 0 Å². The highest BCUT2D eigenvalue weighted by molar-refractivity contribution is 5.87. The van der Waals surface area contributed by atoms with E-state index in [1.165, 1.54) is 16.7 Å². The third-order valence-electron chi connectivity index (χ3n) is 6.10. The monoisotopic (exact) mass is 361 g/mol. The van der Waals surface area contributed by atoms with Crippen LogP contribution in [0.15, 0.2) is 45.6 Å². The molecule has 0 fully saturated rings. The summed E-state index contributed by atoms with van der Waals surface area (Å²) in [5.41, 5.74) is 5.98. The fourth-order valence-corrected chi connectivity index (χ4v) is 4.55. The summed E-state index contributed by atoms with van der Waals surface area (Å²) in [6.45, 7) is 5.58. The molecule has 0 saturated carbocycles. The molecule has 0 amide bonds. The highest BCUT2D eigenvalue weighted by atomic mass is 16.5. The molecule has 27 heavy (non-hydrogen) atoms. The van der Waals surface area contributed by atoms with Crippen molar-refractivity contribution in [2.75, 3.05) is 6.73 Å². The number of rotatable bonds is 2. The lowest BCUT2D eigenvalue weighted by Crippen LogP contribution is -2.34. The molecule has 1 aliphatic heterocycles. The molecule has 4 nitrogen and oxygen atoms in total. The van der Waals surface area contributed by atoms with E-state index >= 15 is 0 Å². The molecule has 1 aliphatic carbocycles. The van der Waals surface area contributed by atoms with Crippen LogP contribution < -0.4 is 10.4 Å². The van der Waals surface area contributed by atoms with Gasteiger partial charge in [-0.3, -0.25) is 4.90 Å². The number of fused-ring (bicyclic) bond motifs is 4. The number of hydrogen-bond acceptors (Lipinski definition) is 4. The highest BCUT2D eigenvalue weighted by Crippen LogP contribution is 2.39. The molecule has 2 heterocycles. The number of nitrogens with zero attached hydrogens (tertiary/aromatic N) is 1. The summed E-state index contributed by atoms with van der Waals surface area (Å²) in [6, 6.07) is 13.0. The molecule has 0 saturated heterocycles. The molecule has 1 aromatic heterocycles. The van der Waals surface area contributed by atoms with Crippen molar-refractivity contribution in [1.29, 1.82) is 0 Å². The molecule has 0 bridgehead atoms. The van der Waals surface area contributed by atoms with Crippen LogP contribution in [-0.2, 0) is 19.4 Å². The highest BCUT2D eigenvalue weighted by Gasteiger charge is 2.28. The molecule has 0 radical (unpaired) electrons. The predicted octanol–water partition coefficient (Wildman–Crippen LogP) is 4.50. The van der Waals surface area contributed by atoms with Crippen LogP contribution >= 0.6 is 0 Å². The predicted molar refractivity (Wildman–Crippen MR) is 105 cm³/mol. The quantitative estimate of drug-likeness (QED) is 0.630. The Labute approximate surface area is 158 Å². The van der Waals surface area contributed by atoms with E-state index in [1.54, 1.807) is 0 Å². The van der Waals surface area contributed by atoms with E-state index in [1.807, 2.05) is 13.0 Å². The summed E-state index contributed by atoms with van der Waals surface area (Å²) in [6.07, 6.45) is 2.82. The van der Waals surface area contributed by atoms with Gasteiger partial charge in [0.1, 0.15) is 18.1 Å². The minimum Gasteiger partial charge on any atom is -0.477 e. The maximum Gasteiger partial charge on any atom is 0.339 e. The molecule has 3 aromatic rings. The third-order valence-corrected chi connectivity index (χ3v) is 6.10. The average molecular weight is 361 g/mol. The lowest BCUT2D eigenvalue weighted by molar-refractivity contribution is 0.0613. The van der Waals surface area contributed by atoms with Crippen molar-refractivity contribution in [3.8, 4) is 5.75 Å². The van der Waals surface area contributed by atoms with Crippen molar-refractivity contribution in [3.63, 3.8) is 0 Å². The Morgan fingerprint density at radius 3 is 2.70 bits per heavy atom. The fourth-order valence-electron chi connectivity index (χ4n) is 4.55. The Hall–Kier alpha value is -2.59. The molecule has 1 atom stereocenters. The van der Waals surface area contributed by atoms with E-state index in [4.69, 9.17) is 9.15 Å². The Morgan fingerprint density at radius 1 is 1.11 bits per heavy atom. The Bertz CT molecular complexity index is 1080. The lowest BCUT2D eigenvalue weighted by Gasteiger charge is -2.34. The second-order valence-electron chi connectivity index (χ2n) is 7.67. The Kier molecular flexibility index (Phi) is 3.83. The van der Waals surface area contributed by atoms with Gasteiger partial charge < -0.3 is 9.15 Å². The van der Waals surface area contributed by atoms with Gasteiger partial charge >= 0.3 is 5.63 Å². The normalized spacial score (nSPS) is 17.4. The molecule has 0 spiro atoms. The van der Waals surface area contributed by atoms with Crippen molar-refractivity contribution < 1.29 is 9.15 Å². The summed E-state index contributed by atoms with van der Waals surface area (Å²) in [7, 11) is 0. The summed E-state index contributed by atoms with van der Waals surface area (Å²) in [5, 5.41) is 1.09. The number of benzene rings is 2. The van der Waals surface area contributed by atoms with Gasteiger partial charge in [-0.15, -0.1) is 0 Å². The fraction of sp³-hybridized carbons (Fsp3) is 0.348. The molecule has 2 aliphatic rings. The van der Waals surface area contributed by atoms with Gasteiger partial charge in [0.2, 0.25) is 0 Å². The SMILES string of the molecule is Cc1c2c(cc3c4c(c(=O)oc13)CCC4)CN([C@H](C)c1ccccc1)CO2. The van der Waals surface area contributed by atoms with Crippen LogP contribution in [0.5, 0.6) is 5.75 Å². The van der Waals surface area contributed by atoms with Gasteiger partial charge in [0, 0.05) is 34.7 Å². The first-order valence-corrected chi connectivity index (χ1v) is 9.66. The summed E-state index contributed by atoms with van der Waals surface area (Å²) in [4.78, 5) is 14.7.